The largest absolute Gasteiger partial charge is 0.545 e. The summed E-state index contributed by atoms with van der Waals surface area (Å²) in [5.41, 5.74) is 5.17. The molecule has 118 valence electrons. The highest BCUT2D eigenvalue weighted by Gasteiger charge is 2.12. The molecule has 0 atom stereocenters. The number of benzene rings is 2. The second-order valence-corrected chi connectivity index (χ2v) is 4.82. The average molecular weight is 311 g/mol. The van der Waals surface area contributed by atoms with Gasteiger partial charge < -0.3 is 9.90 Å². The zero-order valence-electron chi connectivity index (χ0n) is 12.2. The zero-order chi connectivity index (χ0) is 16.7. The minimum Gasteiger partial charge on any atom is -0.545 e. The highest BCUT2D eigenvalue weighted by Crippen LogP contribution is 2.07. The van der Waals surface area contributed by atoms with E-state index in [1.54, 1.807) is 0 Å². The van der Waals surface area contributed by atoms with Crippen molar-refractivity contribution in [1.82, 2.24) is 10.9 Å². The summed E-state index contributed by atoms with van der Waals surface area (Å²) in [6.45, 7) is 0. The average Bonchev–Trinajstić information content (AvgIpc) is 2.58. The minimum atomic E-state index is -1.45. The summed E-state index contributed by atoms with van der Waals surface area (Å²) < 4.78 is 0. The maximum atomic E-state index is 11.9. The fourth-order valence-electron chi connectivity index (χ4n) is 2.02. The van der Waals surface area contributed by atoms with Crippen LogP contribution in [0.15, 0.2) is 54.6 Å². The highest BCUT2D eigenvalue weighted by molar-refractivity contribution is 6.04. The first-order valence-corrected chi connectivity index (χ1v) is 7.01. The summed E-state index contributed by atoms with van der Waals surface area (Å²) in [6, 6.07) is 15.1. The number of carboxylic acids is 1. The number of rotatable bonds is 5. The Labute approximate surface area is 133 Å². The van der Waals surface area contributed by atoms with Crippen LogP contribution in [0.3, 0.4) is 0 Å². The molecule has 0 saturated heterocycles. The number of nitrogens with one attached hydrogen (secondary N) is 2. The predicted molar refractivity (Wildman–Crippen MR) is 81.1 cm³/mol. The molecule has 0 bridgehead atoms. The van der Waals surface area contributed by atoms with E-state index in [1.165, 1.54) is 24.3 Å². The molecule has 23 heavy (non-hydrogen) atoms. The lowest BCUT2D eigenvalue weighted by Gasteiger charge is -2.11. The van der Waals surface area contributed by atoms with Crippen LogP contribution < -0.4 is 16.0 Å². The Morgan fingerprint density at radius 3 is 2.09 bits per heavy atom. The van der Waals surface area contributed by atoms with Gasteiger partial charge in [0.05, 0.1) is 11.5 Å². The number of hydrogen-bond donors (Lipinski definition) is 2. The molecule has 0 aliphatic carbocycles. The number of aromatic carboxylic acids is 1. The van der Waals surface area contributed by atoms with Gasteiger partial charge in [-0.25, -0.2) is 0 Å². The van der Waals surface area contributed by atoms with E-state index in [0.717, 1.165) is 5.56 Å². The van der Waals surface area contributed by atoms with Gasteiger partial charge in [-0.2, -0.15) is 0 Å². The topological polar surface area (TPSA) is 98.3 Å². The van der Waals surface area contributed by atoms with Crippen molar-refractivity contribution in [3.63, 3.8) is 0 Å². The summed E-state index contributed by atoms with van der Waals surface area (Å²) in [5.74, 6) is -2.53. The minimum absolute atomic E-state index is 0.0733. The number of amides is 2. The second-order valence-electron chi connectivity index (χ2n) is 4.82. The van der Waals surface area contributed by atoms with Crippen LogP contribution in [-0.4, -0.2) is 17.8 Å². The molecule has 2 aromatic carbocycles. The van der Waals surface area contributed by atoms with Gasteiger partial charge in [0, 0.05) is 12.0 Å². The van der Waals surface area contributed by atoms with Gasteiger partial charge in [0.2, 0.25) is 5.91 Å². The Balaban J connectivity index is 1.87. The molecule has 0 radical (unpaired) electrons. The van der Waals surface area contributed by atoms with Crippen LogP contribution in [0.1, 0.15) is 32.7 Å². The molecule has 2 N–H and O–H groups in total. The van der Waals surface area contributed by atoms with Crippen molar-refractivity contribution in [1.29, 1.82) is 0 Å². The molecule has 0 spiro atoms. The Hall–Kier alpha value is -3.15. The van der Waals surface area contributed by atoms with Crippen molar-refractivity contribution in [2.24, 2.45) is 0 Å². The molecule has 0 aliphatic rings. The number of hydrogen-bond acceptors (Lipinski definition) is 4. The van der Waals surface area contributed by atoms with Crippen LogP contribution in [-0.2, 0) is 11.2 Å². The standard InChI is InChI=1S/C17H16N2O4/c20-15(11-10-12-6-2-1-3-7-12)18-19-16(21)13-8-4-5-9-14(13)17(22)23/h1-9H,10-11H2,(H,18,20)(H,19,21)(H,22,23)/p-1. The van der Waals surface area contributed by atoms with E-state index >= 15 is 0 Å². The Bertz CT molecular complexity index is 714. The van der Waals surface area contributed by atoms with Crippen molar-refractivity contribution in [2.45, 2.75) is 12.8 Å². The third-order valence-corrected chi connectivity index (χ3v) is 3.19. The summed E-state index contributed by atoms with van der Waals surface area (Å²) in [5, 5.41) is 10.9. The first-order chi connectivity index (χ1) is 11.1. The number of hydrazine groups is 1. The molecule has 0 fully saturated rings. The van der Waals surface area contributed by atoms with Crippen molar-refractivity contribution in [3.8, 4) is 0 Å². The van der Waals surface area contributed by atoms with E-state index in [1.807, 2.05) is 30.3 Å². The molecular weight excluding hydrogens is 296 g/mol. The molecule has 0 unspecified atom stereocenters. The van der Waals surface area contributed by atoms with Gasteiger partial charge in [0.15, 0.2) is 0 Å². The van der Waals surface area contributed by atoms with Crippen LogP contribution in [0.25, 0.3) is 0 Å². The molecule has 2 aromatic rings. The Kier molecular flexibility index (Phi) is 5.46. The Morgan fingerprint density at radius 1 is 0.826 bits per heavy atom. The van der Waals surface area contributed by atoms with E-state index in [9.17, 15) is 19.5 Å². The van der Waals surface area contributed by atoms with E-state index in [2.05, 4.69) is 10.9 Å². The molecule has 0 aromatic heterocycles. The molecule has 0 saturated carbocycles. The van der Waals surface area contributed by atoms with Crippen molar-refractivity contribution >= 4 is 17.8 Å². The molecule has 6 nitrogen and oxygen atoms in total. The lowest BCUT2D eigenvalue weighted by molar-refractivity contribution is -0.255. The highest BCUT2D eigenvalue weighted by atomic mass is 16.4. The van der Waals surface area contributed by atoms with Crippen molar-refractivity contribution in [2.75, 3.05) is 0 Å². The van der Waals surface area contributed by atoms with E-state index in [4.69, 9.17) is 0 Å². The molecule has 2 rings (SSSR count). The van der Waals surface area contributed by atoms with E-state index in [-0.39, 0.29) is 23.5 Å². The van der Waals surface area contributed by atoms with E-state index < -0.39 is 11.9 Å². The van der Waals surface area contributed by atoms with Gasteiger partial charge in [-0.1, -0.05) is 48.5 Å². The van der Waals surface area contributed by atoms with Crippen LogP contribution >= 0.6 is 0 Å². The van der Waals surface area contributed by atoms with Gasteiger partial charge >= 0.3 is 0 Å². The summed E-state index contributed by atoms with van der Waals surface area (Å²) in [6.07, 6.45) is 0.741. The molecule has 0 heterocycles. The fourth-order valence-corrected chi connectivity index (χ4v) is 2.02. The smallest absolute Gasteiger partial charge is 0.270 e. The van der Waals surface area contributed by atoms with Crippen LogP contribution in [0.5, 0.6) is 0 Å². The summed E-state index contributed by atoms with van der Waals surface area (Å²) in [7, 11) is 0. The number of carbonyl (C=O) groups excluding carboxylic acids is 3. The number of carbonyl (C=O) groups is 3. The maximum Gasteiger partial charge on any atom is 0.270 e. The summed E-state index contributed by atoms with van der Waals surface area (Å²) >= 11 is 0. The Morgan fingerprint density at radius 2 is 1.43 bits per heavy atom. The maximum absolute atomic E-state index is 11.9. The first kappa shape index (κ1) is 16.2. The molecule has 2 amide bonds. The van der Waals surface area contributed by atoms with Crippen molar-refractivity contribution in [3.05, 3.63) is 71.3 Å². The van der Waals surface area contributed by atoms with Gasteiger partial charge in [-0.05, 0) is 18.1 Å². The van der Waals surface area contributed by atoms with Crippen LogP contribution in [0.2, 0.25) is 0 Å². The predicted octanol–water partition coefficient (Wildman–Crippen LogP) is 0.444. The number of carboxylic acid groups (broad SMARTS) is 1. The third-order valence-electron chi connectivity index (χ3n) is 3.19. The van der Waals surface area contributed by atoms with E-state index in [0.29, 0.717) is 6.42 Å². The SMILES string of the molecule is O=C(CCc1ccccc1)NNC(=O)c1ccccc1C(=O)[O-]. The quantitative estimate of drug-likeness (QED) is 0.783. The normalized spacial score (nSPS) is 9.91. The van der Waals surface area contributed by atoms with Gasteiger partial charge in [0.25, 0.3) is 5.91 Å². The van der Waals surface area contributed by atoms with Crippen LogP contribution in [0, 0.1) is 0 Å². The lowest BCUT2D eigenvalue weighted by Crippen LogP contribution is -2.42. The molecular formula is C17H15N2O4-. The van der Waals surface area contributed by atoms with Gasteiger partial charge in [-0.3, -0.25) is 20.4 Å². The first-order valence-electron chi connectivity index (χ1n) is 7.01. The monoisotopic (exact) mass is 311 g/mol. The van der Waals surface area contributed by atoms with Gasteiger partial charge in [0.1, 0.15) is 0 Å². The second kappa shape index (κ2) is 7.74. The molecule has 6 heteroatoms. The lowest BCUT2D eigenvalue weighted by atomic mass is 10.1. The molecule has 0 aliphatic heterocycles. The fraction of sp³-hybridized carbons (Fsp3) is 0.118. The number of aryl methyl sites for hydroxylation is 1. The zero-order valence-corrected chi connectivity index (χ0v) is 12.2. The summed E-state index contributed by atoms with van der Waals surface area (Å²) in [4.78, 5) is 34.6. The van der Waals surface area contributed by atoms with Crippen LogP contribution in [0.4, 0.5) is 0 Å². The third kappa shape index (κ3) is 4.67. The van der Waals surface area contributed by atoms with Gasteiger partial charge in [-0.15, -0.1) is 0 Å². The van der Waals surface area contributed by atoms with Crippen molar-refractivity contribution < 1.29 is 19.5 Å².